The van der Waals surface area contributed by atoms with E-state index >= 15 is 0 Å². The summed E-state index contributed by atoms with van der Waals surface area (Å²) in [5.41, 5.74) is 2.08. The van der Waals surface area contributed by atoms with Gasteiger partial charge in [-0.3, -0.25) is 4.79 Å². The van der Waals surface area contributed by atoms with E-state index in [0.29, 0.717) is 11.6 Å². The number of nitrogens with one attached hydrogen (secondary N) is 2. The molecule has 0 saturated heterocycles. The molecular formula is C18H21Cl2N2O+. The minimum atomic E-state index is -0.112. The Bertz CT molecular complexity index is 658. The first kappa shape index (κ1) is 17.8. The Hall–Kier alpha value is -1.55. The van der Waals surface area contributed by atoms with Gasteiger partial charge in [0, 0.05) is 15.6 Å². The second kappa shape index (κ2) is 8.34. The molecule has 23 heavy (non-hydrogen) atoms. The smallest absolute Gasteiger partial charge is 0.275 e. The van der Waals surface area contributed by atoms with Crippen molar-refractivity contribution in [1.29, 1.82) is 0 Å². The molecule has 2 atom stereocenters. The van der Waals surface area contributed by atoms with Gasteiger partial charge >= 0.3 is 0 Å². The number of amides is 1. The molecule has 1 unspecified atom stereocenters. The fraction of sp³-hybridized carbons (Fsp3) is 0.278. The summed E-state index contributed by atoms with van der Waals surface area (Å²) in [6, 6.07) is 15.1. The first-order chi connectivity index (χ1) is 11.0. The van der Waals surface area contributed by atoms with Gasteiger partial charge in [-0.15, -0.1) is 0 Å². The maximum absolute atomic E-state index is 12.2. The zero-order valence-electron chi connectivity index (χ0n) is 13.3. The molecule has 0 spiro atoms. The lowest BCUT2D eigenvalue weighted by Gasteiger charge is -2.18. The molecule has 2 N–H and O–H groups in total. The Balaban J connectivity index is 1.86. The van der Waals surface area contributed by atoms with Crippen molar-refractivity contribution >= 4 is 29.1 Å². The topological polar surface area (TPSA) is 33.5 Å². The largest absolute Gasteiger partial charge is 0.345 e. The van der Waals surface area contributed by atoms with Crippen LogP contribution in [-0.4, -0.2) is 19.5 Å². The summed E-state index contributed by atoms with van der Waals surface area (Å²) in [5.74, 6) is 0.00360. The van der Waals surface area contributed by atoms with E-state index in [4.69, 9.17) is 23.2 Å². The van der Waals surface area contributed by atoms with Crippen LogP contribution in [-0.2, 0) is 11.3 Å². The van der Waals surface area contributed by atoms with Crippen molar-refractivity contribution < 1.29 is 9.69 Å². The molecule has 0 aliphatic carbocycles. The lowest BCUT2D eigenvalue weighted by Crippen LogP contribution is -3.08. The molecule has 122 valence electrons. The van der Waals surface area contributed by atoms with Crippen LogP contribution in [0.25, 0.3) is 0 Å². The highest BCUT2D eigenvalue weighted by molar-refractivity contribution is 6.31. The normalized spacial score (nSPS) is 13.4. The van der Waals surface area contributed by atoms with Gasteiger partial charge in [0.15, 0.2) is 6.54 Å². The van der Waals surface area contributed by atoms with Crippen molar-refractivity contribution in [2.75, 3.05) is 13.6 Å². The number of likely N-dealkylation sites (N-methyl/N-ethyl adjacent to an activating group) is 1. The van der Waals surface area contributed by atoms with E-state index in [1.165, 1.54) is 0 Å². The second-order valence-corrected chi connectivity index (χ2v) is 6.59. The third-order valence-corrected chi connectivity index (χ3v) is 4.23. The van der Waals surface area contributed by atoms with Crippen LogP contribution in [0.1, 0.15) is 24.1 Å². The Morgan fingerprint density at radius 1 is 1.13 bits per heavy atom. The van der Waals surface area contributed by atoms with E-state index in [-0.39, 0.29) is 11.9 Å². The van der Waals surface area contributed by atoms with Crippen molar-refractivity contribution in [2.45, 2.75) is 19.5 Å². The Morgan fingerprint density at radius 3 is 2.43 bits per heavy atom. The van der Waals surface area contributed by atoms with Crippen LogP contribution in [0.5, 0.6) is 0 Å². The van der Waals surface area contributed by atoms with Gasteiger partial charge in [-0.2, -0.15) is 0 Å². The number of carbonyl (C=O) groups excluding carboxylic acids is 1. The average molecular weight is 352 g/mol. The fourth-order valence-electron chi connectivity index (χ4n) is 2.48. The standard InChI is InChI=1S/C18H20Cl2N2O/c1-13(16-5-3-4-6-17(16)20)21-18(23)12-22(2)11-14-7-9-15(19)10-8-14/h3-10,13H,11-12H2,1-2H3,(H,21,23)/p+1/t13-/m0/s1. The van der Waals surface area contributed by atoms with Crippen LogP contribution < -0.4 is 10.2 Å². The Labute approximate surface area is 147 Å². The van der Waals surface area contributed by atoms with Crippen LogP contribution in [0.15, 0.2) is 48.5 Å². The van der Waals surface area contributed by atoms with Crippen LogP contribution in [0, 0.1) is 0 Å². The molecule has 2 rings (SSSR count). The predicted octanol–water partition coefficient (Wildman–Crippen LogP) is 2.89. The molecule has 0 saturated carbocycles. The summed E-state index contributed by atoms with van der Waals surface area (Å²) < 4.78 is 0. The molecule has 0 heterocycles. The number of hydrogen-bond donors (Lipinski definition) is 2. The van der Waals surface area contributed by atoms with Gasteiger partial charge in [0.2, 0.25) is 0 Å². The maximum atomic E-state index is 12.2. The quantitative estimate of drug-likeness (QED) is 0.824. The maximum Gasteiger partial charge on any atom is 0.275 e. The molecule has 0 fully saturated rings. The molecule has 2 aromatic rings. The minimum absolute atomic E-state index is 0.00360. The zero-order valence-corrected chi connectivity index (χ0v) is 14.8. The fourth-order valence-corrected chi connectivity index (χ4v) is 2.91. The number of benzene rings is 2. The second-order valence-electron chi connectivity index (χ2n) is 5.75. The third kappa shape index (κ3) is 5.54. The van der Waals surface area contributed by atoms with E-state index in [1.54, 1.807) is 0 Å². The SMILES string of the molecule is C[C@H](NC(=O)C[NH+](C)Cc1ccc(Cl)cc1)c1ccccc1Cl. The predicted molar refractivity (Wildman–Crippen MR) is 94.9 cm³/mol. The van der Waals surface area contributed by atoms with Gasteiger partial charge in [0.1, 0.15) is 6.54 Å². The number of halogens is 2. The van der Waals surface area contributed by atoms with Crippen molar-refractivity contribution in [1.82, 2.24) is 5.32 Å². The molecule has 0 radical (unpaired) electrons. The van der Waals surface area contributed by atoms with E-state index in [2.05, 4.69) is 5.32 Å². The summed E-state index contributed by atoms with van der Waals surface area (Å²) in [7, 11) is 1.99. The number of quaternary nitrogens is 1. The Kier molecular flexibility index (Phi) is 6.46. The van der Waals surface area contributed by atoms with E-state index in [1.807, 2.05) is 62.5 Å². The van der Waals surface area contributed by atoms with Crippen molar-refractivity contribution in [3.63, 3.8) is 0 Å². The summed E-state index contributed by atoms with van der Waals surface area (Å²) in [6.45, 7) is 3.11. The van der Waals surface area contributed by atoms with Crippen molar-refractivity contribution in [2.24, 2.45) is 0 Å². The van der Waals surface area contributed by atoms with Crippen LogP contribution in [0.3, 0.4) is 0 Å². The highest BCUT2D eigenvalue weighted by Crippen LogP contribution is 2.21. The van der Waals surface area contributed by atoms with E-state index in [0.717, 1.165) is 27.6 Å². The van der Waals surface area contributed by atoms with Gasteiger partial charge in [-0.25, -0.2) is 0 Å². The highest BCUT2D eigenvalue weighted by atomic mass is 35.5. The van der Waals surface area contributed by atoms with E-state index < -0.39 is 0 Å². The highest BCUT2D eigenvalue weighted by Gasteiger charge is 2.15. The van der Waals surface area contributed by atoms with Crippen LogP contribution in [0.4, 0.5) is 0 Å². The van der Waals surface area contributed by atoms with E-state index in [9.17, 15) is 4.79 Å². The van der Waals surface area contributed by atoms with Gasteiger partial charge in [-0.1, -0.05) is 53.5 Å². The van der Waals surface area contributed by atoms with Crippen LogP contribution in [0.2, 0.25) is 10.0 Å². The molecule has 3 nitrogen and oxygen atoms in total. The van der Waals surface area contributed by atoms with Crippen molar-refractivity contribution in [3.05, 3.63) is 69.7 Å². The average Bonchev–Trinajstić information content (AvgIpc) is 2.49. The number of hydrogen-bond acceptors (Lipinski definition) is 1. The summed E-state index contributed by atoms with van der Waals surface area (Å²) >= 11 is 12.0. The number of rotatable bonds is 6. The molecule has 0 aromatic heterocycles. The monoisotopic (exact) mass is 351 g/mol. The molecule has 0 bridgehead atoms. The molecular weight excluding hydrogens is 331 g/mol. The third-order valence-electron chi connectivity index (χ3n) is 3.63. The van der Waals surface area contributed by atoms with Crippen molar-refractivity contribution in [3.8, 4) is 0 Å². The summed E-state index contributed by atoms with van der Waals surface area (Å²) in [4.78, 5) is 13.3. The van der Waals surface area contributed by atoms with Gasteiger partial charge in [0.05, 0.1) is 13.1 Å². The lowest BCUT2D eigenvalue weighted by atomic mass is 10.1. The Morgan fingerprint density at radius 2 is 1.78 bits per heavy atom. The first-order valence-electron chi connectivity index (χ1n) is 7.55. The summed E-state index contributed by atoms with van der Waals surface area (Å²) in [6.07, 6.45) is 0. The lowest BCUT2D eigenvalue weighted by molar-refractivity contribution is -0.885. The first-order valence-corrected chi connectivity index (χ1v) is 8.31. The molecule has 1 amide bonds. The van der Waals surface area contributed by atoms with Gasteiger partial charge in [-0.05, 0) is 30.7 Å². The molecule has 0 aliphatic rings. The number of carbonyl (C=O) groups is 1. The molecule has 5 heteroatoms. The van der Waals surface area contributed by atoms with Gasteiger partial charge < -0.3 is 10.2 Å². The molecule has 0 aliphatic heterocycles. The minimum Gasteiger partial charge on any atom is -0.345 e. The molecule has 2 aromatic carbocycles. The van der Waals surface area contributed by atoms with Gasteiger partial charge in [0.25, 0.3) is 5.91 Å². The van der Waals surface area contributed by atoms with Crippen LogP contribution >= 0.6 is 23.2 Å². The zero-order chi connectivity index (χ0) is 16.8. The summed E-state index contributed by atoms with van der Waals surface area (Å²) in [5, 5.41) is 4.39.